The molecule has 1 aliphatic carbocycles. The molecular formula is C13H23N3O2. The van der Waals surface area contributed by atoms with Crippen LogP contribution in [0.1, 0.15) is 57.3 Å². The van der Waals surface area contributed by atoms with Crippen molar-refractivity contribution in [2.24, 2.45) is 11.7 Å². The van der Waals surface area contributed by atoms with E-state index >= 15 is 0 Å². The first-order chi connectivity index (χ1) is 8.74. The fraction of sp³-hybridized carbons (Fsp3) is 0.846. The van der Waals surface area contributed by atoms with Crippen molar-refractivity contribution in [1.82, 2.24) is 10.1 Å². The number of nitrogens with zero attached hydrogens (tertiary/aromatic N) is 2. The van der Waals surface area contributed by atoms with Gasteiger partial charge in [0.1, 0.15) is 6.10 Å². The van der Waals surface area contributed by atoms with Crippen molar-refractivity contribution in [2.45, 2.75) is 58.1 Å². The summed E-state index contributed by atoms with van der Waals surface area (Å²) in [5.74, 6) is 1.90. The molecule has 1 saturated carbocycles. The van der Waals surface area contributed by atoms with E-state index in [0.29, 0.717) is 30.7 Å². The molecule has 0 amide bonds. The second-order valence-electron chi connectivity index (χ2n) is 5.01. The summed E-state index contributed by atoms with van der Waals surface area (Å²) < 4.78 is 11.0. The lowest BCUT2D eigenvalue weighted by atomic mass is 10.1. The first-order valence-corrected chi connectivity index (χ1v) is 6.94. The molecule has 2 unspecified atom stereocenters. The molecule has 0 radical (unpaired) electrons. The SMILES string of the molecule is CCCC(N)Cc1nc(C(OCC)C2CC2)no1. The lowest BCUT2D eigenvalue weighted by molar-refractivity contribution is 0.0384. The van der Waals surface area contributed by atoms with E-state index in [1.807, 2.05) is 6.92 Å². The minimum absolute atomic E-state index is 0.00917. The predicted molar refractivity (Wildman–Crippen MR) is 68.0 cm³/mol. The molecule has 1 aliphatic rings. The van der Waals surface area contributed by atoms with E-state index in [2.05, 4.69) is 17.1 Å². The summed E-state index contributed by atoms with van der Waals surface area (Å²) in [5.41, 5.74) is 5.97. The van der Waals surface area contributed by atoms with Gasteiger partial charge >= 0.3 is 0 Å². The Morgan fingerprint density at radius 3 is 2.83 bits per heavy atom. The number of hydrogen-bond acceptors (Lipinski definition) is 5. The van der Waals surface area contributed by atoms with Crippen molar-refractivity contribution in [2.75, 3.05) is 6.61 Å². The van der Waals surface area contributed by atoms with Crippen LogP contribution in [0.25, 0.3) is 0 Å². The molecule has 5 nitrogen and oxygen atoms in total. The monoisotopic (exact) mass is 253 g/mol. The van der Waals surface area contributed by atoms with E-state index in [0.717, 1.165) is 12.8 Å². The highest BCUT2D eigenvalue weighted by Gasteiger charge is 2.36. The van der Waals surface area contributed by atoms with Gasteiger partial charge < -0.3 is 15.0 Å². The van der Waals surface area contributed by atoms with E-state index in [1.54, 1.807) is 0 Å². The predicted octanol–water partition coefficient (Wildman–Crippen LogP) is 2.23. The third kappa shape index (κ3) is 3.53. The third-order valence-corrected chi connectivity index (χ3v) is 3.23. The molecule has 0 aliphatic heterocycles. The Kier molecular flexibility index (Phi) is 4.72. The quantitative estimate of drug-likeness (QED) is 0.769. The average Bonchev–Trinajstić information content (AvgIpc) is 3.07. The van der Waals surface area contributed by atoms with Gasteiger partial charge in [-0.25, -0.2) is 0 Å². The van der Waals surface area contributed by atoms with Crippen molar-refractivity contribution >= 4 is 0 Å². The molecule has 1 aromatic rings. The maximum absolute atomic E-state index is 5.97. The highest BCUT2D eigenvalue weighted by atomic mass is 16.5. The molecule has 1 heterocycles. The van der Waals surface area contributed by atoms with Crippen LogP contribution in [0.15, 0.2) is 4.52 Å². The molecule has 0 saturated heterocycles. The largest absolute Gasteiger partial charge is 0.370 e. The van der Waals surface area contributed by atoms with E-state index < -0.39 is 0 Å². The van der Waals surface area contributed by atoms with Crippen molar-refractivity contribution in [3.05, 3.63) is 11.7 Å². The number of ether oxygens (including phenoxy) is 1. The van der Waals surface area contributed by atoms with Gasteiger partial charge in [-0.15, -0.1) is 0 Å². The van der Waals surface area contributed by atoms with Crippen LogP contribution in [0, 0.1) is 5.92 Å². The van der Waals surface area contributed by atoms with Gasteiger partial charge in [-0.05, 0) is 32.1 Å². The smallest absolute Gasteiger partial charge is 0.228 e. The first-order valence-electron chi connectivity index (χ1n) is 6.94. The summed E-state index contributed by atoms with van der Waals surface area (Å²) in [5, 5.41) is 4.04. The zero-order valence-corrected chi connectivity index (χ0v) is 11.3. The Bertz CT molecular complexity index is 363. The Morgan fingerprint density at radius 2 is 2.22 bits per heavy atom. The average molecular weight is 253 g/mol. The Balaban J connectivity index is 1.95. The standard InChI is InChI=1S/C13H23N3O2/c1-3-5-10(14)8-11-15-13(16-18-11)12(17-4-2)9-6-7-9/h9-10,12H,3-8,14H2,1-2H3. The molecule has 2 rings (SSSR count). The second kappa shape index (κ2) is 6.29. The lowest BCUT2D eigenvalue weighted by Gasteiger charge is -2.11. The minimum atomic E-state index is 0.00917. The number of nitrogens with two attached hydrogens (primary N) is 1. The maximum atomic E-state index is 5.97. The summed E-state index contributed by atoms with van der Waals surface area (Å²) in [6.07, 6.45) is 5.12. The maximum Gasteiger partial charge on any atom is 0.228 e. The number of aromatic nitrogens is 2. The van der Waals surface area contributed by atoms with Gasteiger partial charge in [0.2, 0.25) is 11.7 Å². The van der Waals surface area contributed by atoms with Gasteiger partial charge in [0.25, 0.3) is 0 Å². The zero-order chi connectivity index (χ0) is 13.0. The zero-order valence-electron chi connectivity index (χ0n) is 11.3. The summed E-state index contributed by atoms with van der Waals surface area (Å²) in [4.78, 5) is 4.43. The summed E-state index contributed by atoms with van der Waals surface area (Å²) in [7, 11) is 0. The summed E-state index contributed by atoms with van der Waals surface area (Å²) in [6, 6.07) is 0.106. The number of hydrogen-bond donors (Lipinski definition) is 1. The van der Waals surface area contributed by atoms with Crippen molar-refractivity contribution in [3.63, 3.8) is 0 Å². The van der Waals surface area contributed by atoms with Crippen LogP contribution < -0.4 is 5.73 Å². The molecule has 2 N–H and O–H groups in total. The highest BCUT2D eigenvalue weighted by molar-refractivity contribution is 4.99. The van der Waals surface area contributed by atoms with Crippen LogP contribution in [0.5, 0.6) is 0 Å². The van der Waals surface area contributed by atoms with Crippen LogP contribution in [-0.4, -0.2) is 22.8 Å². The third-order valence-electron chi connectivity index (χ3n) is 3.23. The van der Waals surface area contributed by atoms with Crippen molar-refractivity contribution in [3.8, 4) is 0 Å². The minimum Gasteiger partial charge on any atom is -0.370 e. The topological polar surface area (TPSA) is 74.2 Å². The molecule has 102 valence electrons. The fourth-order valence-electron chi connectivity index (χ4n) is 2.16. The van der Waals surface area contributed by atoms with Gasteiger partial charge in [0.15, 0.2) is 0 Å². The van der Waals surface area contributed by atoms with Gasteiger partial charge in [-0.3, -0.25) is 0 Å². The Morgan fingerprint density at radius 1 is 1.44 bits per heavy atom. The van der Waals surface area contributed by atoms with Crippen LogP contribution in [0.2, 0.25) is 0 Å². The van der Waals surface area contributed by atoms with Crippen molar-refractivity contribution in [1.29, 1.82) is 0 Å². The summed E-state index contributed by atoms with van der Waals surface area (Å²) >= 11 is 0. The van der Waals surface area contributed by atoms with Gasteiger partial charge in [0, 0.05) is 19.1 Å². The van der Waals surface area contributed by atoms with Gasteiger partial charge in [0.05, 0.1) is 0 Å². The van der Waals surface area contributed by atoms with E-state index in [1.165, 1.54) is 12.8 Å². The molecule has 0 aromatic carbocycles. The Labute approximate surface area is 108 Å². The molecule has 0 spiro atoms. The summed E-state index contributed by atoms with van der Waals surface area (Å²) in [6.45, 7) is 4.80. The molecule has 0 bridgehead atoms. The molecule has 5 heteroatoms. The molecule has 1 fully saturated rings. The first kappa shape index (κ1) is 13.5. The second-order valence-corrected chi connectivity index (χ2v) is 5.01. The van der Waals surface area contributed by atoms with E-state index in [9.17, 15) is 0 Å². The number of rotatable bonds is 8. The Hall–Kier alpha value is -0.940. The van der Waals surface area contributed by atoms with Crippen LogP contribution in [-0.2, 0) is 11.2 Å². The van der Waals surface area contributed by atoms with E-state index in [-0.39, 0.29) is 12.1 Å². The molecule has 1 aromatic heterocycles. The molecule has 18 heavy (non-hydrogen) atoms. The fourth-order valence-corrected chi connectivity index (χ4v) is 2.16. The van der Waals surface area contributed by atoms with E-state index in [4.69, 9.17) is 15.0 Å². The van der Waals surface area contributed by atoms with Gasteiger partial charge in [-0.2, -0.15) is 4.98 Å². The van der Waals surface area contributed by atoms with Crippen LogP contribution in [0.3, 0.4) is 0 Å². The van der Waals surface area contributed by atoms with Crippen molar-refractivity contribution < 1.29 is 9.26 Å². The molecule has 2 atom stereocenters. The molecular weight excluding hydrogens is 230 g/mol. The van der Waals surface area contributed by atoms with Crippen LogP contribution >= 0.6 is 0 Å². The lowest BCUT2D eigenvalue weighted by Crippen LogP contribution is -2.22. The van der Waals surface area contributed by atoms with Crippen LogP contribution in [0.4, 0.5) is 0 Å². The van der Waals surface area contributed by atoms with Gasteiger partial charge in [-0.1, -0.05) is 18.5 Å². The normalized spacial score (nSPS) is 18.8. The highest BCUT2D eigenvalue weighted by Crippen LogP contribution is 2.42.